The molecular weight excluding hydrogens is 466 g/mol. The minimum atomic E-state index is -0.856. The molecule has 0 bridgehead atoms. The number of methoxy groups -OCH3 is 1. The van der Waals surface area contributed by atoms with Crippen molar-refractivity contribution < 1.29 is 24.2 Å². The van der Waals surface area contributed by atoms with Crippen molar-refractivity contribution in [2.24, 2.45) is 0 Å². The molecular formula is C31H33NO5. The number of hydrogen-bond donors (Lipinski definition) is 1. The number of hydrogen-bond acceptors (Lipinski definition) is 5. The molecule has 1 amide bonds. The number of aliphatic hydroxyl groups is 1. The first-order valence-electron chi connectivity index (χ1n) is 12.4. The third kappa shape index (κ3) is 4.96. The Balaban J connectivity index is 2.00. The lowest BCUT2D eigenvalue weighted by molar-refractivity contribution is -0.132. The van der Waals surface area contributed by atoms with Gasteiger partial charge in [-0.25, -0.2) is 0 Å². The smallest absolute Gasteiger partial charge is 0.300 e. The van der Waals surface area contributed by atoms with Crippen molar-refractivity contribution in [3.8, 4) is 11.5 Å². The highest BCUT2D eigenvalue weighted by Gasteiger charge is 2.47. The number of nitrogens with zero attached hydrogens (tertiary/aromatic N) is 1. The molecule has 6 nitrogen and oxygen atoms in total. The first kappa shape index (κ1) is 26.0. The van der Waals surface area contributed by atoms with Crippen molar-refractivity contribution in [3.05, 3.63) is 94.6 Å². The number of aliphatic hydroxyl groups excluding tert-OH is 1. The zero-order chi connectivity index (χ0) is 26.9. The van der Waals surface area contributed by atoms with E-state index in [1.165, 1.54) is 12.0 Å². The molecule has 1 atom stereocenters. The average molecular weight is 500 g/mol. The average Bonchev–Trinajstić information content (AvgIpc) is 3.13. The van der Waals surface area contributed by atoms with Gasteiger partial charge in [0, 0.05) is 5.69 Å². The van der Waals surface area contributed by atoms with Gasteiger partial charge in [0.1, 0.15) is 17.3 Å². The summed E-state index contributed by atoms with van der Waals surface area (Å²) in [5.41, 5.74) is 3.29. The van der Waals surface area contributed by atoms with Crippen molar-refractivity contribution >= 4 is 23.1 Å². The first-order chi connectivity index (χ1) is 17.6. The number of ether oxygens (including phenoxy) is 2. The predicted octanol–water partition coefficient (Wildman–Crippen LogP) is 6.33. The largest absolute Gasteiger partial charge is 0.507 e. The molecule has 1 fully saturated rings. The van der Waals surface area contributed by atoms with Crippen LogP contribution in [0.15, 0.2) is 72.3 Å². The van der Waals surface area contributed by atoms with E-state index < -0.39 is 17.7 Å². The van der Waals surface area contributed by atoms with E-state index in [9.17, 15) is 14.7 Å². The summed E-state index contributed by atoms with van der Waals surface area (Å²) in [5, 5.41) is 11.7. The molecule has 1 aliphatic rings. The molecule has 6 heteroatoms. The van der Waals surface area contributed by atoms with Gasteiger partial charge in [0.2, 0.25) is 0 Å². The van der Waals surface area contributed by atoms with Crippen LogP contribution in [0.2, 0.25) is 0 Å². The summed E-state index contributed by atoms with van der Waals surface area (Å²) in [7, 11) is 1.51. The highest BCUT2D eigenvalue weighted by Crippen LogP contribution is 2.44. The summed E-state index contributed by atoms with van der Waals surface area (Å²) in [6.45, 7) is 10.5. The van der Waals surface area contributed by atoms with Gasteiger partial charge in [-0.05, 0) is 72.4 Å². The highest BCUT2D eigenvalue weighted by molar-refractivity contribution is 6.51. The van der Waals surface area contributed by atoms with E-state index in [-0.39, 0.29) is 16.7 Å². The summed E-state index contributed by atoms with van der Waals surface area (Å²) >= 11 is 0. The molecule has 3 aromatic rings. The third-order valence-electron chi connectivity index (χ3n) is 6.53. The van der Waals surface area contributed by atoms with E-state index in [1.54, 1.807) is 18.2 Å². The minimum Gasteiger partial charge on any atom is -0.507 e. The molecule has 4 rings (SSSR count). The van der Waals surface area contributed by atoms with Gasteiger partial charge in [-0.15, -0.1) is 0 Å². The Bertz CT molecular complexity index is 1380. The van der Waals surface area contributed by atoms with Gasteiger partial charge in [-0.2, -0.15) is 0 Å². The van der Waals surface area contributed by atoms with Gasteiger partial charge >= 0.3 is 0 Å². The fraction of sp³-hybridized carbons (Fsp3) is 0.290. The molecule has 1 heterocycles. The Morgan fingerprint density at radius 2 is 1.73 bits per heavy atom. The molecule has 3 aromatic carbocycles. The van der Waals surface area contributed by atoms with Crippen LogP contribution < -0.4 is 14.4 Å². The van der Waals surface area contributed by atoms with Crippen LogP contribution in [0.25, 0.3) is 5.76 Å². The van der Waals surface area contributed by atoms with Crippen LogP contribution in [0.3, 0.4) is 0 Å². The normalized spacial score (nSPS) is 17.2. The maximum Gasteiger partial charge on any atom is 0.300 e. The third-order valence-corrected chi connectivity index (χ3v) is 6.53. The van der Waals surface area contributed by atoms with Crippen molar-refractivity contribution in [3.63, 3.8) is 0 Å². The Morgan fingerprint density at radius 1 is 1.00 bits per heavy atom. The topological polar surface area (TPSA) is 76.1 Å². The van der Waals surface area contributed by atoms with E-state index in [4.69, 9.17) is 9.47 Å². The van der Waals surface area contributed by atoms with Gasteiger partial charge in [-0.3, -0.25) is 14.5 Å². The first-order valence-corrected chi connectivity index (χ1v) is 12.4. The molecule has 0 radical (unpaired) electrons. The molecule has 0 saturated carbocycles. The quantitative estimate of drug-likeness (QED) is 0.244. The van der Waals surface area contributed by atoms with Gasteiger partial charge in [0.25, 0.3) is 11.7 Å². The molecule has 1 N–H and O–H groups in total. The van der Waals surface area contributed by atoms with Crippen molar-refractivity contribution in [2.45, 2.75) is 46.1 Å². The van der Waals surface area contributed by atoms with Crippen LogP contribution in [0.4, 0.5) is 5.69 Å². The Labute approximate surface area is 218 Å². The molecule has 192 valence electrons. The fourth-order valence-corrected chi connectivity index (χ4v) is 4.64. The summed E-state index contributed by atoms with van der Waals surface area (Å²) in [4.78, 5) is 28.5. The molecule has 0 aliphatic carbocycles. The number of carbonyl (C=O) groups is 2. The second kappa shape index (κ2) is 10.1. The molecule has 37 heavy (non-hydrogen) atoms. The standard InChI is InChI=1S/C31H33NO5/c1-7-37-23-13-9-11-20(17-23)27-26(29(34)30(35)32(27)22-12-8-10-19(2)16-22)28(33)24-18-21(31(3,4)5)14-15-25(24)36-6/h8-18,27,33H,7H2,1-6H3/b28-26+. The number of rotatable bonds is 6. The van der Waals surface area contributed by atoms with E-state index in [1.807, 2.05) is 62.4 Å². The maximum absolute atomic E-state index is 13.6. The van der Waals surface area contributed by atoms with Crippen LogP contribution in [-0.4, -0.2) is 30.5 Å². The van der Waals surface area contributed by atoms with Crippen molar-refractivity contribution in [2.75, 3.05) is 18.6 Å². The summed E-state index contributed by atoms with van der Waals surface area (Å²) in [6.07, 6.45) is 0. The zero-order valence-electron chi connectivity index (χ0n) is 22.2. The number of carbonyl (C=O) groups excluding carboxylic acids is 2. The van der Waals surface area contributed by atoms with Crippen molar-refractivity contribution in [1.82, 2.24) is 0 Å². The van der Waals surface area contributed by atoms with Gasteiger partial charge in [0.15, 0.2) is 0 Å². The Morgan fingerprint density at radius 3 is 2.38 bits per heavy atom. The van der Waals surface area contributed by atoms with Crippen LogP contribution in [-0.2, 0) is 15.0 Å². The number of ketones is 1. The SMILES string of the molecule is CCOc1cccc(C2/C(=C(\O)c3cc(C(C)(C)C)ccc3OC)C(=O)C(=O)N2c2cccc(C)c2)c1. The molecule has 0 aromatic heterocycles. The van der Waals surface area contributed by atoms with Crippen molar-refractivity contribution in [1.29, 1.82) is 0 Å². The predicted molar refractivity (Wildman–Crippen MR) is 145 cm³/mol. The van der Waals surface area contributed by atoms with Crippen LogP contribution in [0.1, 0.15) is 56.0 Å². The number of amides is 1. The Hall–Kier alpha value is -4.06. The fourth-order valence-electron chi connectivity index (χ4n) is 4.64. The second-order valence-electron chi connectivity index (χ2n) is 10.2. The second-order valence-corrected chi connectivity index (χ2v) is 10.2. The molecule has 1 saturated heterocycles. The van der Waals surface area contributed by atoms with E-state index in [0.29, 0.717) is 34.9 Å². The minimum absolute atomic E-state index is 0.00418. The maximum atomic E-state index is 13.6. The van der Waals surface area contributed by atoms with Gasteiger partial charge in [0.05, 0.1) is 30.9 Å². The lowest BCUT2D eigenvalue weighted by atomic mass is 9.85. The molecule has 1 unspecified atom stereocenters. The number of anilines is 1. The summed E-state index contributed by atoms with van der Waals surface area (Å²) < 4.78 is 11.3. The Kier molecular flexibility index (Phi) is 7.12. The zero-order valence-corrected chi connectivity index (χ0v) is 22.2. The van der Waals surface area contributed by atoms with E-state index in [2.05, 4.69) is 20.8 Å². The number of aryl methyl sites for hydroxylation is 1. The molecule has 1 aliphatic heterocycles. The van der Waals surface area contributed by atoms with Crippen LogP contribution in [0.5, 0.6) is 11.5 Å². The number of Topliss-reactive ketones (excluding diaryl/α,β-unsaturated/α-hetero) is 1. The molecule has 0 spiro atoms. The summed E-state index contributed by atoms with van der Waals surface area (Å²) in [5.74, 6) is -0.710. The number of benzene rings is 3. The lowest BCUT2D eigenvalue weighted by Crippen LogP contribution is -2.29. The monoisotopic (exact) mass is 499 g/mol. The van der Waals surface area contributed by atoms with Gasteiger partial charge < -0.3 is 14.6 Å². The lowest BCUT2D eigenvalue weighted by Gasteiger charge is -2.26. The summed E-state index contributed by atoms with van der Waals surface area (Å²) in [6, 6.07) is 19.4. The van der Waals surface area contributed by atoms with E-state index >= 15 is 0 Å². The van der Waals surface area contributed by atoms with Gasteiger partial charge in [-0.1, -0.05) is 51.1 Å². The van der Waals surface area contributed by atoms with E-state index in [0.717, 1.165) is 11.1 Å². The highest BCUT2D eigenvalue weighted by atomic mass is 16.5. The van der Waals surface area contributed by atoms with Crippen LogP contribution in [0, 0.1) is 6.92 Å². The van der Waals surface area contributed by atoms with Crippen LogP contribution >= 0.6 is 0 Å².